The van der Waals surface area contributed by atoms with Gasteiger partial charge < -0.3 is 0 Å². The second-order valence-electron chi connectivity index (χ2n) is 4.44. The Morgan fingerprint density at radius 3 is 2.59 bits per heavy atom. The predicted octanol–water partition coefficient (Wildman–Crippen LogP) is 4.83. The van der Waals surface area contributed by atoms with Gasteiger partial charge in [-0.3, -0.25) is 4.79 Å². The highest BCUT2D eigenvalue weighted by molar-refractivity contribution is 8.01. The zero-order valence-corrected chi connectivity index (χ0v) is 13.8. The van der Waals surface area contributed by atoms with Crippen molar-refractivity contribution >= 4 is 40.7 Å². The average Bonchev–Trinajstić information content (AvgIpc) is 3.02. The van der Waals surface area contributed by atoms with E-state index in [2.05, 4.69) is 9.36 Å². The first-order valence-corrected chi connectivity index (χ1v) is 8.67. The molecule has 0 bridgehead atoms. The van der Waals surface area contributed by atoms with Crippen LogP contribution in [0.1, 0.15) is 10.4 Å². The van der Waals surface area contributed by atoms with Crippen molar-refractivity contribution < 1.29 is 4.79 Å². The smallest absolute Gasteiger partial charge is 0.175 e. The van der Waals surface area contributed by atoms with Crippen LogP contribution in [-0.2, 0) is 0 Å². The maximum Gasteiger partial charge on any atom is 0.175 e. The van der Waals surface area contributed by atoms with Gasteiger partial charge in [0.1, 0.15) is 0 Å². The maximum atomic E-state index is 12.1. The minimum Gasteiger partial charge on any atom is -0.293 e. The summed E-state index contributed by atoms with van der Waals surface area (Å²) in [6, 6.07) is 16.7. The number of rotatable bonds is 5. The largest absolute Gasteiger partial charge is 0.293 e. The lowest BCUT2D eigenvalue weighted by atomic mass is 10.2. The molecule has 1 aromatic heterocycles. The van der Waals surface area contributed by atoms with E-state index in [0.29, 0.717) is 22.2 Å². The van der Waals surface area contributed by atoms with Crippen molar-refractivity contribution in [3.8, 4) is 11.4 Å². The molecule has 0 radical (unpaired) electrons. The molecule has 0 amide bonds. The topological polar surface area (TPSA) is 42.9 Å². The van der Waals surface area contributed by atoms with E-state index in [9.17, 15) is 4.79 Å². The fraction of sp³-hybridized carbons (Fsp3) is 0.0625. The fourth-order valence-corrected chi connectivity index (χ4v) is 3.58. The van der Waals surface area contributed by atoms with Crippen LogP contribution in [-0.4, -0.2) is 20.9 Å². The molecule has 0 unspecified atom stereocenters. The Labute approximate surface area is 141 Å². The molecule has 0 fully saturated rings. The maximum absolute atomic E-state index is 12.1. The Morgan fingerprint density at radius 2 is 1.82 bits per heavy atom. The number of hydrogen-bond acceptors (Lipinski definition) is 5. The summed E-state index contributed by atoms with van der Waals surface area (Å²) in [7, 11) is 0. The standard InChI is InChI=1S/C16H11ClN2OS2/c17-13-9-5-4-8-12(13)15-18-16(22-19-15)21-10-14(20)11-6-2-1-3-7-11/h1-9H,10H2. The minimum absolute atomic E-state index is 0.0834. The number of carbonyl (C=O) groups excluding carboxylic acids is 1. The second kappa shape index (κ2) is 7.05. The first-order valence-electron chi connectivity index (χ1n) is 6.54. The van der Waals surface area contributed by atoms with Gasteiger partial charge in [-0.15, -0.1) is 0 Å². The molecule has 6 heteroatoms. The number of benzene rings is 2. The number of thioether (sulfide) groups is 1. The van der Waals surface area contributed by atoms with Crippen LogP contribution in [0.25, 0.3) is 11.4 Å². The van der Waals surface area contributed by atoms with Crippen molar-refractivity contribution in [2.24, 2.45) is 0 Å². The summed E-state index contributed by atoms with van der Waals surface area (Å²) < 4.78 is 5.08. The third-order valence-electron chi connectivity index (χ3n) is 2.94. The quantitative estimate of drug-likeness (QED) is 0.490. The first kappa shape index (κ1) is 15.2. The molecule has 3 rings (SSSR count). The van der Waals surface area contributed by atoms with Crippen molar-refractivity contribution in [1.29, 1.82) is 0 Å². The summed E-state index contributed by atoms with van der Waals surface area (Å²) in [5.41, 5.74) is 1.52. The van der Waals surface area contributed by atoms with E-state index < -0.39 is 0 Å². The van der Waals surface area contributed by atoms with Crippen molar-refractivity contribution in [3.05, 3.63) is 65.2 Å². The van der Waals surface area contributed by atoms with Gasteiger partial charge in [-0.25, -0.2) is 4.98 Å². The van der Waals surface area contributed by atoms with Gasteiger partial charge in [0.25, 0.3) is 0 Å². The summed E-state index contributed by atoms with van der Waals surface area (Å²) in [6.07, 6.45) is 0. The highest BCUT2D eigenvalue weighted by Crippen LogP contribution is 2.29. The summed E-state index contributed by atoms with van der Waals surface area (Å²) >= 11 is 8.82. The second-order valence-corrected chi connectivity index (χ2v) is 6.82. The predicted molar refractivity (Wildman–Crippen MR) is 91.9 cm³/mol. The number of hydrogen-bond donors (Lipinski definition) is 0. The molecule has 110 valence electrons. The molecule has 0 saturated heterocycles. The zero-order chi connectivity index (χ0) is 15.4. The van der Waals surface area contributed by atoms with E-state index in [1.54, 1.807) is 0 Å². The number of aromatic nitrogens is 2. The highest BCUT2D eigenvalue weighted by Gasteiger charge is 2.12. The molecule has 3 nitrogen and oxygen atoms in total. The van der Waals surface area contributed by atoms with Gasteiger partial charge in [0.2, 0.25) is 0 Å². The molecule has 0 saturated carbocycles. The van der Waals surface area contributed by atoms with Crippen LogP contribution in [0.3, 0.4) is 0 Å². The average molecular weight is 347 g/mol. The van der Waals surface area contributed by atoms with Crippen LogP contribution in [0.2, 0.25) is 5.02 Å². The molecule has 3 aromatic rings. The molecule has 1 heterocycles. The molecule has 0 atom stereocenters. The van der Waals surface area contributed by atoms with Crippen molar-refractivity contribution in [2.45, 2.75) is 4.34 Å². The van der Waals surface area contributed by atoms with Crippen LogP contribution >= 0.6 is 34.9 Å². The lowest BCUT2D eigenvalue weighted by Crippen LogP contribution is -2.01. The Bertz CT molecular complexity index is 790. The molecule has 0 aliphatic heterocycles. The van der Waals surface area contributed by atoms with Crippen LogP contribution < -0.4 is 0 Å². The van der Waals surface area contributed by atoms with E-state index in [1.807, 2.05) is 54.6 Å². The van der Waals surface area contributed by atoms with Crippen LogP contribution in [0.5, 0.6) is 0 Å². The van der Waals surface area contributed by atoms with Crippen LogP contribution in [0.15, 0.2) is 58.9 Å². The van der Waals surface area contributed by atoms with E-state index >= 15 is 0 Å². The van der Waals surface area contributed by atoms with Crippen LogP contribution in [0, 0.1) is 0 Å². The van der Waals surface area contributed by atoms with Gasteiger partial charge in [-0.2, -0.15) is 4.37 Å². The molecule has 2 aromatic carbocycles. The normalized spacial score (nSPS) is 10.6. The first-order chi connectivity index (χ1) is 10.7. The summed E-state index contributed by atoms with van der Waals surface area (Å²) in [4.78, 5) is 16.5. The molecular weight excluding hydrogens is 336 g/mol. The van der Waals surface area contributed by atoms with Gasteiger partial charge in [0.05, 0.1) is 10.8 Å². The summed E-state index contributed by atoms with van der Waals surface area (Å²) in [5.74, 6) is 1.03. The van der Waals surface area contributed by atoms with Gasteiger partial charge >= 0.3 is 0 Å². The van der Waals surface area contributed by atoms with Gasteiger partial charge in [-0.05, 0) is 23.7 Å². The van der Waals surface area contributed by atoms with E-state index in [1.165, 1.54) is 23.3 Å². The Kier molecular flexibility index (Phi) is 4.87. The third kappa shape index (κ3) is 3.55. The molecular formula is C16H11ClN2OS2. The zero-order valence-electron chi connectivity index (χ0n) is 11.4. The molecule has 0 spiro atoms. The highest BCUT2D eigenvalue weighted by atomic mass is 35.5. The van der Waals surface area contributed by atoms with Gasteiger partial charge in [0, 0.05) is 11.1 Å². The Balaban J connectivity index is 1.68. The van der Waals surface area contributed by atoms with Crippen LogP contribution in [0.4, 0.5) is 0 Å². The molecule has 0 aliphatic carbocycles. The Morgan fingerprint density at radius 1 is 1.09 bits per heavy atom. The minimum atomic E-state index is 0.0834. The number of halogens is 1. The number of ketones is 1. The van der Waals surface area contributed by atoms with Gasteiger partial charge in [0.15, 0.2) is 15.9 Å². The third-order valence-corrected chi connectivity index (χ3v) is 5.11. The molecule has 0 N–H and O–H groups in total. The summed E-state index contributed by atoms with van der Waals surface area (Å²) in [6.45, 7) is 0. The SMILES string of the molecule is O=C(CSc1nc(-c2ccccc2Cl)ns1)c1ccccc1. The van der Waals surface area contributed by atoms with Gasteiger partial charge in [-0.1, -0.05) is 65.8 Å². The van der Waals surface area contributed by atoms with Crippen molar-refractivity contribution in [3.63, 3.8) is 0 Å². The van der Waals surface area contributed by atoms with E-state index in [0.717, 1.165) is 9.90 Å². The monoisotopic (exact) mass is 346 g/mol. The summed E-state index contributed by atoms with van der Waals surface area (Å²) in [5, 5.41) is 0.622. The molecule has 0 aliphatic rings. The lowest BCUT2D eigenvalue weighted by molar-refractivity contribution is 0.102. The number of nitrogens with zero attached hydrogens (tertiary/aromatic N) is 2. The fourth-order valence-electron chi connectivity index (χ4n) is 1.85. The Hall–Kier alpha value is -1.69. The lowest BCUT2D eigenvalue weighted by Gasteiger charge is -1.98. The molecule has 22 heavy (non-hydrogen) atoms. The number of Topliss-reactive ketones (excluding diaryl/α,β-unsaturated/α-hetero) is 1. The van der Waals surface area contributed by atoms with E-state index in [4.69, 9.17) is 11.6 Å². The van der Waals surface area contributed by atoms with Crippen molar-refractivity contribution in [2.75, 3.05) is 5.75 Å². The van der Waals surface area contributed by atoms with Crippen molar-refractivity contribution in [1.82, 2.24) is 9.36 Å². The van der Waals surface area contributed by atoms with E-state index in [-0.39, 0.29) is 5.78 Å². The number of carbonyl (C=O) groups is 1.